The van der Waals surface area contributed by atoms with Gasteiger partial charge in [-0.1, -0.05) is 20.8 Å². The van der Waals surface area contributed by atoms with Crippen molar-refractivity contribution >= 4 is 0 Å². The molecule has 0 aliphatic rings. The molecule has 3 heteroatoms. The molecule has 0 aliphatic carbocycles. The molecule has 0 amide bonds. The maximum Gasteiger partial charge on any atom is 0.131 e. The van der Waals surface area contributed by atoms with Gasteiger partial charge in [-0.3, -0.25) is 0 Å². The number of nitrogens with zero attached hydrogens (tertiary/aromatic N) is 2. The summed E-state index contributed by atoms with van der Waals surface area (Å²) in [5.41, 5.74) is 9.04. The van der Waals surface area contributed by atoms with E-state index in [1.807, 2.05) is 13.8 Å². The standard InChI is InChI=1S/C12H21N3/c1-7(2)12-14-9(4)11(8(3)6-13)10(5)15-12/h7-8H,6,13H2,1-5H3. The van der Waals surface area contributed by atoms with Crippen molar-refractivity contribution in [1.29, 1.82) is 0 Å². The summed E-state index contributed by atoms with van der Waals surface area (Å²) in [6.45, 7) is 11.1. The summed E-state index contributed by atoms with van der Waals surface area (Å²) in [6, 6.07) is 0. The van der Waals surface area contributed by atoms with Gasteiger partial charge in [0.25, 0.3) is 0 Å². The molecule has 1 atom stereocenters. The minimum absolute atomic E-state index is 0.339. The van der Waals surface area contributed by atoms with E-state index in [4.69, 9.17) is 5.73 Å². The second kappa shape index (κ2) is 4.71. The van der Waals surface area contributed by atoms with Crippen molar-refractivity contribution in [2.24, 2.45) is 5.73 Å². The van der Waals surface area contributed by atoms with E-state index >= 15 is 0 Å². The highest BCUT2D eigenvalue weighted by Crippen LogP contribution is 2.22. The van der Waals surface area contributed by atoms with Crippen LogP contribution in [0.25, 0.3) is 0 Å². The third-order valence-corrected chi connectivity index (χ3v) is 2.71. The minimum atomic E-state index is 0.339. The van der Waals surface area contributed by atoms with Crippen LogP contribution >= 0.6 is 0 Å². The third-order valence-electron chi connectivity index (χ3n) is 2.71. The third kappa shape index (κ3) is 2.53. The Labute approximate surface area is 92.1 Å². The zero-order valence-electron chi connectivity index (χ0n) is 10.3. The average molecular weight is 207 g/mol. The van der Waals surface area contributed by atoms with E-state index in [0.717, 1.165) is 17.2 Å². The predicted octanol–water partition coefficient (Wildman–Crippen LogP) is 2.28. The van der Waals surface area contributed by atoms with Crippen LogP contribution in [0.2, 0.25) is 0 Å². The zero-order chi connectivity index (χ0) is 11.6. The van der Waals surface area contributed by atoms with Gasteiger partial charge in [-0.25, -0.2) is 9.97 Å². The first-order chi connectivity index (χ1) is 6.97. The molecule has 0 bridgehead atoms. The fourth-order valence-corrected chi connectivity index (χ4v) is 1.84. The molecule has 1 aromatic heterocycles. The molecular weight excluding hydrogens is 186 g/mol. The summed E-state index contributed by atoms with van der Waals surface area (Å²) in [5, 5.41) is 0. The molecular formula is C12H21N3. The van der Waals surface area contributed by atoms with E-state index in [9.17, 15) is 0 Å². The molecule has 1 heterocycles. The number of rotatable bonds is 3. The first kappa shape index (κ1) is 12.1. The maximum atomic E-state index is 5.68. The van der Waals surface area contributed by atoms with Crippen LogP contribution in [0.15, 0.2) is 0 Å². The normalized spacial score (nSPS) is 13.3. The number of aromatic nitrogens is 2. The lowest BCUT2D eigenvalue weighted by atomic mass is 9.98. The van der Waals surface area contributed by atoms with Gasteiger partial charge in [-0.2, -0.15) is 0 Å². The topological polar surface area (TPSA) is 51.8 Å². The predicted molar refractivity (Wildman–Crippen MR) is 63.1 cm³/mol. The second-order valence-electron chi connectivity index (χ2n) is 4.46. The van der Waals surface area contributed by atoms with Crippen molar-refractivity contribution in [1.82, 2.24) is 9.97 Å². The van der Waals surface area contributed by atoms with Crippen LogP contribution in [0.3, 0.4) is 0 Å². The van der Waals surface area contributed by atoms with Crippen molar-refractivity contribution in [2.75, 3.05) is 6.54 Å². The Morgan fingerprint density at radius 3 is 1.87 bits per heavy atom. The van der Waals surface area contributed by atoms with E-state index in [2.05, 4.69) is 30.7 Å². The maximum absolute atomic E-state index is 5.68. The molecule has 1 rings (SSSR count). The van der Waals surface area contributed by atoms with Gasteiger partial charge in [-0.05, 0) is 31.9 Å². The summed E-state index contributed by atoms with van der Waals surface area (Å²) in [4.78, 5) is 9.07. The number of aryl methyl sites for hydroxylation is 2. The average Bonchev–Trinajstić information content (AvgIpc) is 2.16. The van der Waals surface area contributed by atoms with Crippen LogP contribution < -0.4 is 5.73 Å². The second-order valence-corrected chi connectivity index (χ2v) is 4.46. The Morgan fingerprint density at radius 1 is 1.07 bits per heavy atom. The lowest BCUT2D eigenvalue weighted by Gasteiger charge is -2.16. The zero-order valence-corrected chi connectivity index (χ0v) is 10.3. The molecule has 0 aliphatic heterocycles. The summed E-state index contributed by atoms with van der Waals surface area (Å²) < 4.78 is 0. The van der Waals surface area contributed by atoms with Crippen LogP contribution in [0, 0.1) is 13.8 Å². The van der Waals surface area contributed by atoms with Crippen molar-refractivity contribution < 1.29 is 0 Å². The molecule has 1 aromatic rings. The molecule has 15 heavy (non-hydrogen) atoms. The van der Waals surface area contributed by atoms with E-state index < -0.39 is 0 Å². The van der Waals surface area contributed by atoms with Crippen molar-refractivity contribution in [2.45, 2.75) is 46.5 Å². The van der Waals surface area contributed by atoms with Gasteiger partial charge in [0.1, 0.15) is 5.82 Å². The highest BCUT2D eigenvalue weighted by atomic mass is 14.9. The lowest BCUT2D eigenvalue weighted by Crippen LogP contribution is -2.15. The summed E-state index contributed by atoms with van der Waals surface area (Å²) >= 11 is 0. The van der Waals surface area contributed by atoms with Gasteiger partial charge in [-0.15, -0.1) is 0 Å². The first-order valence-corrected chi connectivity index (χ1v) is 5.52. The van der Waals surface area contributed by atoms with E-state index in [-0.39, 0.29) is 0 Å². The lowest BCUT2D eigenvalue weighted by molar-refractivity contribution is 0.705. The molecule has 84 valence electrons. The van der Waals surface area contributed by atoms with Crippen LogP contribution in [-0.4, -0.2) is 16.5 Å². The van der Waals surface area contributed by atoms with Crippen molar-refractivity contribution in [3.8, 4) is 0 Å². The highest BCUT2D eigenvalue weighted by molar-refractivity contribution is 5.28. The Kier molecular flexibility index (Phi) is 3.80. The van der Waals surface area contributed by atoms with Crippen molar-refractivity contribution in [3.63, 3.8) is 0 Å². The fourth-order valence-electron chi connectivity index (χ4n) is 1.84. The van der Waals surface area contributed by atoms with Crippen LogP contribution in [0.1, 0.15) is 55.4 Å². The molecule has 0 spiro atoms. The Bertz CT molecular complexity index is 322. The quantitative estimate of drug-likeness (QED) is 0.827. The molecule has 0 aromatic carbocycles. The van der Waals surface area contributed by atoms with Gasteiger partial charge in [0, 0.05) is 17.3 Å². The summed E-state index contributed by atoms with van der Waals surface area (Å²) in [6.07, 6.45) is 0. The van der Waals surface area contributed by atoms with E-state index in [1.165, 1.54) is 5.56 Å². The first-order valence-electron chi connectivity index (χ1n) is 5.52. The number of hydrogen-bond acceptors (Lipinski definition) is 3. The molecule has 0 radical (unpaired) electrons. The molecule has 3 nitrogen and oxygen atoms in total. The smallest absolute Gasteiger partial charge is 0.131 e. The fraction of sp³-hybridized carbons (Fsp3) is 0.667. The van der Waals surface area contributed by atoms with Crippen molar-refractivity contribution in [3.05, 3.63) is 22.8 Å². The van der Waals surface area contributed by atoms with Gasteiger partial charge >= 0.3 is 0 Å². The van der Waals surface area contributed by atoms with Crippen LogP contribution in [0.5, 0.6) is 0 Å². The highest BCUT2D eigenvalue weighted by Gasteiger charge is 2.14. The molecule has 2 N–H and O–H groups in total. The monoisotopic (exact) mass is 207 g/mol. The van der Waals surface area contributed by atoms with E-state index in [0.29, 0.717) is 18.4 Å². The molecule has 1 unspecified atom stereocenters. The summed E-state index contributed by atoms with van der Waals surface area (Å²) in [7, 11) is 0. The van der Waals surface area contributed by atoms with Gasteiger partial charge in [0.15, 0.2) is 0 Å². The van der Waals surface area contributed by atoms with E-state index in [1.54, 1.807) is 0 Å². The van der Waals surface area contributed by atoms with Crippen LogP contribution in [-0.2, 0) is 0 Å². The minimum Gasteiger partial charge on any atom is -0.330 e. The molecule has 0 fully saturated rings. The van der Waals surface area contributed by atoms with Crippen LogP contribution in [0.4, 0.5) is 0 Å². The summed E-state index contributed by atoms with van der Waals surface area (Å²) in [5.74, 6) is 1.65. The van der Waals surface area contributed by atoms with Gasteiger partial charge in [0.2, 0.25) is 0 Å². The molecule has 0 saturated heterocycles. The van der Waals surface area contributed by atoms with Gasteiger partial charge < -0.3 is 5.73 Å². The number of hydrogen-bond donors (Lipinski definition) is 1. The number of nitrogens with two attached hydrogens (primary N) is 1. The Balaban J connectivity index is 3.21. The largest absolute Gasteiger partial charge is 0.330 e. The SMILES string of the molecule is Cc1nc(C(C)C)nc(C)c1C(C)CN. The Hall–Kier alpha value is -0.960. The van der Waals surface area contributed by atoms with Gasteiger partial charge in [0.05, 0.1) is 0 Å². The molecule has 0 saturated carbocycles. The Morgan fingerprint density at radius 2 is 1.53 bits per heavy atom.